The monoisotopic (exact) mass is 291 g/mol. The van der Waals surface area contributed by atoms with E-state index >= 15 is 0 Å². The normalized spacial score (nSPS) is 33.2. The number of allylic oxidation sites excluding steroid dienone is 6. The van der Waals surface area contributed by atoms with Gasteiger partial charge in [0.25, 0.3) is 0 Å². The van der Waals surface area contributed by atoms with Gasteiger partial charge in [0.2, 0.25) is 0 Å². The summed E-state index contributed by atoms with van der Waals surface area (Å²) in [7, 11) is -0.403. The first-order valence-electron chi connectivity index (χ1n) is 8.14. The highest BCUT2D eigenvalue weighted by atomic mass is 28.3. The molecular weight excluding hydrogens is 268 g/mol. The van der Waals surface area contributed by atoms with Crippen LogP contribution in [-0.4, -0.2) is 8.80 Å². The highest BCUT2D eigenvalue weighted by Crippen LogP contribution is 2.64. The van der Waals surface area contributed by atoms with E-state index in [2.05, 4.69) is 67.7 Å². The van der Waals surface area contributed by atoms with Gasteiger partial charge in [0.1, 0.15) is 0 Å². The van der Waals surface area contributed by atoms with Crippen molar-refractivity contribution in [3.8, 4) is 0 Å². The zero-order valence-electron chi connectivity index (χ0n) is 13.0. The van der Waals surface area contributed by atoms with Gasteiger partial charge >= 0.3 is 0 Å². The van der Waals surface area contributed by atoms with Crippen LogP contribution in [0.5, 0.6) is 0 Å². The molecule has 3 unspecified atom stereocenters. The zero-order valence-corrected chi connectivity index (χ0v) is 14.0. The molecule has 0 N–H and O–H groups in total. The Kier molecular flexibility index (Phi) is 3.07. The number of fused-ring (bicyclic) bond motifs is 3. The Morgan fingerprint density at radius 3 is 2.76 bits per heavy atom. The van der Waals surface area contributed by atoms with Crippen molar-refractivity contribution in [3.63, 3.8) is 0 Å². The molecule has 0 heterocycles. The van der Waals surface area contributed by atoms with Gasteiger partial charge in [0, 0.05) is 5.92 Å². The zero-order chi connectivity index (χ0) is 14.4. The van der Waals surface area contributed by atoms with Gasteiger partial charge in [-0.15, -0.1) is 0 Å². The first kappa shape index (κ1) is 13.3. The average Bonchev–Trinajstić information content (AvgIpc) is 3.12. The Hall–Kier alpha value is -1.34. The lowest BCUT2D eigenvalue weighted by Crippen LogP contribution is -2.40. The molecule has 3 atom stereocenters. The van der Waals surface area contributed by atoms with Crippen LogP contribution in [0.4, 0.5) is 0 Å². The van der Waals surface area contributed by atoms with Gasteiger partial charge in [-0.2, -0.15) is 0 Å². The summed E-state index contributed by atoms with van der Waals surface area (Å²) >= 11 is 0. The molecule has 107 valence electrons. The first-order valence-corrected chi connectivity index (χ1v) is 10.6. The molecule has 21 heavy (non-hydrogen) atoms. The molecule has 0 nitrogen and oxygen atoms in total. The highest BCUT2D eigenvalue weighted by Gasteiger charge is 2.53. The minimum atomic E-state index is -0.403. The maximum atomic E-state index is 2.54. The molecule has 0 bridgehead atoms. The summed E-state index contributed by atoms with van der Waals surface area (Å²) < 4.78 is 0. The third kappa shape index (κ3) is 1.80. The van der Waals surface area contributed by atoms with Crippen molar-refractivity contribution in [1.82, 2.24) is 0 Å². The molecule has 0 saturated carbocycles. The summed E-state index contributed by atoms with van der Waals surface area (Å²) in [6.07, 6.45) is 15.7. The van der Waals surface area contributed by atoms with Crippen LogP contribution >= 0.6 is 0 Å². The van der Waals surface area contributed by atoms with Crippen molar-refractivity contribution in [2.24, 2.45) is 5.92 Å². The van der Waals surface area contributed by atoms with Crippen LogP contribution in [0, 0.1) is 5.92 Å². The third-order valence-corrected chi connectivity index (χ3v) is 8.63. The smallest absolute Gasteiger partial charge is 0.0505 e. The Morgan fingerprint density at radius 1 is 1.14 bits per heavy atom. The summed E-state index contributed by atoms with van der Waals surface area (Å²) in [5.74, 6) is 1.40. The van der Waals surface area contributed by atoms with Crippen molar-refractivity contribution in [1.29, 1.82) is 0 Å². The van der Waals surface area contributed by atoms with E-state index in [0.717, 1.165) is 5.92 Å². The van der Waals surface area contributed by atoms with Gasteiger partial charge in [-0.25, -0.2) is 0 Å². The van der Waals surface area contributed by atoms with Crippen LogP contribution in [0.1, 0.15) is 29.9 Å². The fourth-order valence-electron chi connectivity index (χ4n) is 4.92. The Balaban J connectivity index is 1.85. The van der Waals surface area contributed by atoms with E-state index < -0.39 is 8.80 Å². The van der Waals surface area contributed by atoms with Gasteiger partial charge in [0.05, 0.1) is 8.80 Å². The summed E-state index contributed by atoms with van der Waals surface area (Å²) in [4.78, 5) is 0. The van der Waals surface area contributed by atoms with Crippen LogP contribution in [0.3, 0.4) is 0 Å². The molecule has 3 aliphatic rings. The van der Waals surface area contributed by atoms with Crippen LogP contribution in [0.2, 0.25) is 18.1 Å². The van der Waals surface area contributed by atoms with E-state index in [-0.39, 0.29) is 0 Å². The first-order chi connectivity index (χ1) is 10.2. The third-order valence-electron chi connectivity index (χ3n) is 5.93. The molecular formula is C20H23Si. The topological polar surface area (TPSA) is 0 Å². The molecule has 4 rings (SSSR count). The molecule has 0 saturated heterocycles. The largest absolute Gasteiger partial charge is 0.0873 e. The molecule has 0 aromatic heterocycles. The van der Waals surface area contributed by atoms with E-state index in [0.29, 0.717) is 11.0 Å². The molecule has 1 heteroatoms. The Bertz CT molecular complexity index is 650. The van der Waals surface area contributed by atoms with E-state index in [1.54, 1.807) is 16.7 Å². The average molecular weight is 291 g/mol. The molecule has 0 spiro atoms. The summed E-state index contributed by atoms with van der Waals surface area (Å²) in [5, 5.41) is 0.487. The van der Waals surface area contributed by atoms with Crippen LogP contribution in [0.25, 0.3) is 0 Å². The molecule has 1 aromatic rings. The second-order valence-corrected chi connectivity index (χ2v) is 9.91. The van der Waals surface area contributed by atoms with Crippen LogP contribution in [-0.2, 0) is 6.42 Å². The molecule has 0 fully saturated rings. The second-order valence-electron chi connectivity index (χ2n) is 6.98. The van der Waals surface area contributed by atoms with Crippen molar-refractivity contribution in [2.75, 3.05) is 0 Å². The van der Waals surface area contributed by atoms with Crippen molar-refractivity contribution < 1.29 is 0 Å². The van der Waals surface area contributed by atoms with E-state index in [9.17, 15) is 0 Å². The standard InChI is InChI=1S/C20H23Si/c1-21(2)20-14-16-10-5-6-11-17(16)19(20)13-7-12-18(20)15-8-3-4-9-15/h3-8,10-11,13,18-19H,9,12,14H2,1-2H3. The van der Waals surface area contributed by atoms with E-state index in [1.165, 1.54) is 19.3 Å². The SMILES string of the molecule is C[Si](C)C12Cc3ccccc3C1C=CCC2C1=CC=CC1. The molecule has 3 aliphatic carbocycles. The summed E-state index contributed by atoms with van der Waals surface area (Å²) in [5.41, 5.74) is 4.90. The van der Waals surface area contributed by atoms with E-state index in [4.69, 9.17) is 0 Å². The van der Waals surface area contributed by atoms with Crippen LogP contribution in [0.15, 0.2) is 60.2 Å². The van der Waals surface area contributed by atoms with E-state index in [1.807, 2.05) is 0 Å². The Morgan fingerprint density at radius 2 is 2.00 bits per heavy atom. The lowest BCUT2D eigenvalue weighted by atomic mass is 9.71. The number of rotatable bonds is 2. The predicted molar refractivity (Wildman–Crippen MR) is 92.1 cm³/mol. The molecule has 0 amide bonds. The van der Waals surface area contributed by atoms with Gasteiger partial charge in [0.15, 0.2) is 0 Å². The van der Waals surface area contributed by atoms with Gasteiger partial charge < -0.3 is 0 Å². The fourth-order valence-corrected chi connectivity index (χ4v) is 7.34. The van der Waals surface area contributed by atoms with Crippen molar-refractivity contribution >= 4 is 8.80 Å². The molecule has 1 radical (unpaired) electrons. The minimum absolute atomic E-state index is 0.403. The Labute approximate surface area is 129 Å². The highest BCUT2D eigenvalue weighted by molar-refractivity contribution is 6.60. The van der Waals surface area contributed by atoms with Crippen LogP contribution < -0.4 is 0 Å². The molecule has 1 aromatic carbocycles. The lowest BCUT2D eigenvalue weighted by Gasteiger charge is -2.47. The maximum absolute atomic E-state index is 2.54. The fraction of sp³-hybridized carbons (Fsp3) is 0.400. The van der Waals surface area contributed by atoms with Crippen molar-refractivity contribution in [2.45, 2.75) is 43.3 Å². The maximum Gasteiger partial charge on any atom is 0.0505 e. The predicted octanol–water partition coefficient (Wildman–Crippen LogP) is 5.28. The lowest BCUT2D eigenvalue weighted by molar-refractivity contribution is 0.364. The minimum Gasteiger partial charge on any atom is -0.0873 e. The van der Waals surface area contributed by atoms with Gasteiger partial charge in [-0.05, 0) is 41.3 Å². The number of hydrogen-bond acceptors (Lipinski definition) is 0. The van der Waals surface area contributed by atoms with Crippen molar-refractivity contribution in [3.05, 3.63) is 71.3 Å². The quantitative estimate of drug-likeness (QED) is 0.513. The second kappa shape index (κ2) is 4.84. The molecule has 0 aliphatic heterocycles. The van der Waals surface area contributed by atoms with Gasteiger partial charge in [-0.3, -0.25) is 0 Å². The number of hydrogen-bond donors (Lipinski definition) is 0. The van der Waals surface area contributed by atoms with Gasteiger partial charge in [-0.1, -0.05) is 73.3 Å². The summed E-state index contributed by atoms with van der Waals surface area (Å²) in [6, 6.07) is 9.18. The summed E-state index contributed by atoms with van der Waals surface area (Å²) in [6.45, 7) is 5.08. The number of benzene rings is 1.